The highest BCUT2D eigenvalue weighted by molar-refractivity contribution is 9.10. The lowest BCUT2D eigenvalue weighted by Gasteiger charge is -2.14. The van der Waals surface area contributed by atoms with Crippen molar-refractivity contribution in [3.63, 3.8) is 0 Å². The zero-order valence-electron chi connectivity index (χ0n) is 8.71. The van der Waals surface area contributed by atoms with E-state index in [9.17, 15) is 0 Å². The van der Waals surface area contributed by atoms with Crippen LogP contribution in [0, 0.1) is 0 Å². The van der Waals surface area contributed by atoms with Crippen molar-refractivity contribution in [2.45, 2.75) is 13.0 Å². The maximum atomic E-state index is 6.04. The van der Waals surface area contributed by atoms with E-state index in [1.54, 1.807) is 11.3 Å². The molecule has 0 saturated carbocycles. The molecular formula is C12H11BrClNS. The number of benzene rings is 1. The minimum absolute atomic E-state index is 0.295. The molecule has 0 aliphatic carbocycles. The summed E-state index contributed by atoms with van der Waals surface area (Å²) in [5, 5.41) is 8.37. The van der Waals surface area contributed by atoms with Crippen molar-refractivity contribution in [2.75, 3.05) is 5.32 Å². The second-order valence-electron chi connectivity index (χ2n) is 3.55. The van der Waals surface area contributed by atoms with Crippen LogP contribution >= 0.6 is 38.9 Å². The fourth-order valence-corrected chi connectivity index (χ4v) is 2.62. The summed E-state index contributed by atoms with van der Waals surface area (Å²) in [6.07, 6.45) is 0. The zero-order valence-corrected chi connectivity index (χ0v) is 11.9. The molecule has 0 amide bonds. The predicted molar refractivity (Wildman–Crippen MR) is 75.5 cm³/mol. The van der Waals surface area contributed by atoms with E-state index in [1.165, 1.54) is 5.56 Å². The first-order valence-electron chi connectivity index (χ1n) is 4.90. The van der Waals surface area contributed by atoms with E-state index in [4.69, 9.17) is 11.6 Å². The third kappa shape index (κ3) is 2.78. The van der Waals surface area contributed by atoms with Crippen LogP contribution in [0.25, 0.3) is 0 Å². The molecule has 0 aliphatic heterocycles. The van der Waals surface area contributed by atoms with Crippen LogP contribution in [0.3, 0.4) is 0 Å². The van der Waals surface area contributed by atoms with Gasteiger partial charge in [-0.05, 0) is 63.4 Å². The van der Waals surface area contributed by atoms with Crippen molar-refractivity contribution in [2.24, 2.45) is 0 Å². The molecule has 0 bridgehead atoms. The lowest BCUT2D eigenvalue weighted by atomic mass is 10.2. The Balaban J connectivity index is 2.12. The Morgan fingerprint density at radius 2 is 2.19 bits per heavy atom. The van der Waals surface area contributed by atoms with Gasteiger partial charge in [0.25, 0.3) is 0 Å². The molecule has 1 heterocycles. The summed E-state index contributed by atoms with van der Waals surface area (Å²) in [7, 11) is 0. The predicted octanol–water partition coefficient (Wildman–Crippen LogP) is 5.34. The average Bonchev–Trinajstić information content (AvgIpc) is 2.77. The lowest BCUT2D eigenvalue weighted by molar-refractivity contribution is 0.890. The number of hydrogen-bond acceptors (Lipinski definition) is 2. The smallest absolute Gasteiger partial charge is 0.0568 e. The quantitative estimate of drug-likeness (QED) is 0.806. The largest absolute Gasteiger partial charge is 0.378 e. The van der Waals surface area contributed by atoms with Crippen molar-refractivity contribution in [3.8, 4) is 0 Å². The third-order valence-corrected chi connectivity index (χ3v) is 4.28. The average molecular weight is 317 g/mol. The van der Waals surface area contributed by atoms with Gasteiger partial charge in [-0.15, -0.1) is 0 Å². The van der Waals surface area contributed by atoms with Gasteiger partial charge in [0.05, 0.1) is 5.02 Å². The number of hydrogen-bond donors (Lipinski definition) is 1. The molecule has 1 N–H and O–H groups in total. The van der Waals surface area contributed by atoms with Crippen molar-refractivity contribution in [1.29, 1.82) is 0 Å². The Morgan fingerprint density at radius 1 is 1.38 bits per heavy atom. The molecule has 16 heavy (non-hydrogen) atoms. The first-order chi connectivity index (χ1) is 7.66. The Hall–Kier alpha value is -0.510. The van der Waals surface area contributed by atoms with Gasteiger partial charge in [0.2, 0.25) is 0 Å². The standard InChI is InChI=1S/C12H11BrClNS/c1-8(9-4-5-16-7-9)15-10-2-3-11(13)12(14)6-10/h2-8,15H,1H3. The summed E-state index contributed by atoms with van der Waals surface area (Å²) in [6, 6.07) is 8.31. The highest BCUT2D eigenvalue weighted by Gasteiger charge is 2.06. The Bertz CT molecular complexity index is 470. The van der Waals surface area contributed by atoms with E-state index >= 15 is 0 Å². The maximum absolute atomic E-state index is 6.04. The fourth-order valence-electron chi connectivity index (χ4n) is 1.44. The van der Waals surface area contributed by atoms with Gasteiger partial charge in [-0.3, -0.25) is 0 Å². The van der Waals surface area contributed by atoms with Crippen LogP contribution in [0.15, 0.2) is 39.5 Å². The summed E-state index contributed by atoms with van der Waals surface area (Å²) in [5.74, 6) is 0. The topological polar surface area (TPSA) is 12.0 Å². The molecule has 0 saturated heterocycles. The third-order valence-electron chi connectivity index (χ3n) is 2.35. The number of nitrogens with one attached hydrogen (secondary N) is 1. The first kappa shape index (κ1) is 12.0. The van der Waals surface area contributed by atoms with Crippen molar-refractivity contribution in [3.05, 3.63) is 50.1 Å². The molecule has 0 fully saturated rings. The first-order valence-corrected chi connectivity index (χ1v) is 7.02. The Labute approximate surface area is 113 Å². The molecule has 4 heteroatoms. The van der Waals surface area contributed by atoms with E-state index < -0.39 is 0 Å². The second kappa shape index (κ2) is 5.21. The fraction of sp³-hybridized carbons (Fsp3) is 0.167. The van der Waals surface area contributed by atoms with E-state index in [0.29, 0.717) is 6.04 Å². The van der Waals surface area contributed by atoms with Gasteiger partial charge in [0, 0.05) is 16.2 Å². The van der Waals surface area contributed by atoms with Crippen LogP contribution in [0.2, 0.25) is 5.02 Å². The van der Waals surface area contributed by atoms with E-state index in [1.807, 2.05) is 18.2 Å². The zero-order chi connectivity index (χ0) is 11.5. The number of rotatable bonds is 3. The van der Waals surface area contributed by atoms with Crippen molar-refractivity contribution >= 4 is 44.6 Å². The highest BCUT2D eigenvalue weighted by Crippen LogP contribution is 2.28. The van der Waals surface area contributed by atoms with Crippen molar-refractivity contribution < 1.29 is 0 Å². The van der Waals surface area contributed by atoms with Crippen LogP contribution in [-0.4, -0.2) is 0 Å². The summed E-state index contributed by atoms with van der Waals surface area (Å²) < 4.78 is 0.919. The van der Waals surface area contributed by atoms with Gasteiger partial charge >= 0.3 is 0 Å². The molecule has 1 aromatic heterocycles. The van der Waals surface area contributed by atoms with Crippen LogP contribution in [0.1, 0.15) is 18.5 Å². The molecule has 84 valence electrons. The Kier molecular flexibility index (Phi) is 3.90. The molecule has 0 aliphatic rings. The summed E-state index contributed by atoms with van der Waals surface area (Å²) >= 11 is 11.1. The van der Waals surface area contributed by atoms with Crippen LogP contribution < -0.4 is 5.32 Å². The summed E-state index contributed by atoms with van der Waals surface area (Å²) in [4.78, 5) is 0. The summed E-state index contributed by atoms with van der Waals surface area (Å²) in [6.45, 7) is 2.14. The molecular weight excluding hydrogens is 306 g/mol. The van der Waals surface area contributed by atoms with Gasteiger partial charge in [-0.2, -0.15) is 11.3 Å². The monoisotopic (exact) mass is 315 g/mol. The highest BCUT2D eigenvalue weighted by atomic mass is 79.9. The van der Waals surface area contributed by atoms with Crippen LogP contribution in [-0.2, 0) is 0 Å². The molecule has 2 aromatic rings. The van der Waals surface area contributed by atoms with Gasteiger partial charge in [0.15, 0.2) is 0 Å². The van der Waals surface area contributed by atoms with E-state index in [0.717, 1.165) is 15.2 Å². The maximum Gasteiger partial charge on any atom is 0.0568 e. The Morgan fingerprint density at radius 3 is 2.81 bits per heavy atom. The van der Waals surface area contributed by atoms with Gasteiger partial charge in [-0.25, -0.2) is 0 Å². The molecule has 2 rings (SSSR count). The minimum atomic E-state index is 0.295. The number of thiophene rings is 1. The van der Waals surface area contributed by atoms with Gasteiger partial charge in [-0.1, -0.05) is 11.6 Å². The van der Waals surface area contributed by atoms with Crippen LogP contribution in [0.5, 0.6) is 0 Å². The molecule has 1 unspecified atom stereocenters. The van der Waals surface area contributed by atoms with E-state index in [-0.39, 0.29) is 0 Å². The van der Waals surface area contributed by atoms with Crippen LogP contribution in [0.4, 0.5) is 5.69 Å². The second-order valence-corrected chi connectivity index (χ2v) is 5.59. The summed E-state index contributed by atoms with van der Waals surface area (Å²) in [5.41, 5.74) is 2.33. The molecule has 1 atom stereocenters. The molecule has 0 spiro atoms. The minimum Gasteiger partial charge on any atom is -0.378 e. The lowest BCUT2D eigenvalue weighted by Crippen LogP contribution is -2.05. The van der Waals surface area contributed by atoms with Gasteiger partial charge < -0.3 is 5.32 Å². The number of halogens is 2. The molecule has 1 nitrogen and oxygen atoms in total. The van der Waals surface area contributed by atoms with E-state index in [2.05, 4.69) is 45.0 Å². The van der Waals surface area contributed by atoms with Gasteiger partial charge in [0.1, 0.15) is 0 Å². The SMILES string of the molecule is CC(Nc1ccc(Br)c(Cl)c1)c1ccsc1. The molecule has 0 radical (unpaired) electrons. The normalized spacial score (nSPS) is 12.4. The number of anilines is 1. The van der Waals surface area contributed by atoms with Crippen molar-refractivity contribution in [1.82, 2.24) is 0 Å². The molecule has 1 aromatic carbocycles.